The molecule has 0 aliphatic heterocycles. The summed E-state index contributed by atoms with van der Waals surface area (Å²) >= 11 is 0. The Bertz CT molecular complexity index is 361. The third-order valence-electron chi connectivity index (χ3n) is 2.95. The lowest BCUT2D eigenvalue weighted by molar-refractivity contribution is 0.389. The molecule has 96 valence electrons. The molecule has 17 heavy (non-hydrogen) atoms. The van der Waals surface area contributed by atoms with Gasteiger partial charge in [-0.25, -0.2) is 0 Å². The van der Waals surface area contributed by atoms with Crippen molar-refractivity contribution in [2.45, 2.75) is 39.2 Å². The van der Waals surface area contributed by atoms with Crippen LogP contribution in [0.3, 0.4) is 0 Å². The van der Waals surface area contributed by atoms with Crippen LogP contribution in [-0.2, 0) is 6.42 Å². The van der Waals surface area contributed by atoms with E-state index in [0.29, 0.717) is 0 Å². The van der Waals surface area contributed by atoms with Gasteiger partial charge < -0.3 is 15.2 Å². The van der Waals surface area contributed by atoms with Crippen LogP contribution in [0.15, 0.2) is 12.1 Å². The van der Waals surface area contributed by atoms with Gasteiger partial charge in [0.15, 0.2) is 0 Å². The molecule has 1 rings (SSSR count). The summed E-state index contributed by atoms with van der Waals surface area (Å²) in [5.74, 6) is 1.75. The Labute approximate surface area is 104 Å². The van der Waals surface area contributed by atoms with Crippen LogP contribution in [0.2, 0.25) is 0 Å². The average Bonchev–Trinajstić information content (AvgIpc) is 2.30. The Hall–Kier alpha value is -1.22. The van der Waals surface area contributed by atoms with Crippen LogP contribution in [0.25, 0.3) is 0 Å². The first-order valence-corrected chi connectivity index (χ1v) is 6.05. The fourth-order valence-electron chi connectivity index (χ4n) is 1.97. The van der Waals surface area contributed by atoms with E-state index in [0.717, 1.165) is 30.8 Å². The second-order valence-electron chi connectivity index (χ2n) is 4.49. The van der Waals surface area contributed by atoms with Crippen molar-refractivity contribution in [1.82, 2.24) is 0 Å². The highest BCUT2D eigenvalue weighted by molar-refractivity contribution is 5.46. The molecule has 1 unspecified atom stereocenters. The highest BCUT2D eigenvalue weighted by Gasteiger charge is 2.09. The number of aryl methyl sites for hydroxylation is 1. The van der Waals surface area contributed by atoms with Gasteiger partial charge in [-0.2, -0.15) is 0 Å². The molecule has 0 aliphatic rings. The van der Waals surface area contributed by atoms with Crippen LogP contribution in [0.1, 0.15) is 30.9 Å². The van der Waals surface area contributed by atoms with E-state index in [9.17, 15) is 0 Å². The van der Waals surface area contributed by atoms with E-state index in [1.54, 1.807) is 14.2 Å². The molecule has 1 aromatic carbocycles. The van der Waals surface area contributed by atoms with Crippen molar-refractivity contribution in [2.24, 2.45) is 5.73 Å². The van der Waals surface area contributed by atoms with E-state index in [-0.39, 0.29) is 6.04 Å². The molecule has 0 heterocycles. The zero-order valence-electron chi connectivity index (χ0n) is 11.2. The van der Waals surface area contributed by atoms with E-state index in [2.05, 4.69) is 6.92 Å². The summed E-state index contributed by atoms with van der Waals surface area (Å²) in [7, 11) is 3.37. The summed E-state index contributed by atoms with van der Waals surface area (Å²) in [6.07, 6.45) is 3.12. The Kier molecular flexibility index (Phi) is 5.29. The first-order valence-electron chi connectivity index (χ1n) is 6.05. The van der Waals surface area contributed by atoms with E-state index in [1.165, 1.54) is 11.1 Å². The monoisotopic (exact) mass is 237 g/mol. The number of benzene rings is 1. The zero-order chi connectivity index (χ0) is 12.8. The van der Waals surface area contributed by atoms with Crippen LogP contribution >= 0.6 is 0 Å². The van der Waals surface area contributed by atoms with Gasteiger partial charge in [-0.15, -0.1) is 0 Å². The van der Waals surface area contributed by atoms with Gasteiger partial charge in [0.25, 0.3) is 0 Å². The molecular weight excluding hydrogens is 214 g/mol. The molecular formula is C14H23NO2. The zero-order valence-corrected chi connectivity index (χ0v) is 11.2. The Morgan fingerprint density at radius 2 is 1.94 bits per heavy atom. The minimum absolute atomic E-state index is 0.263. The molecule has 0 amide bonds. The van der Waals surface area contributed by atoms with Gasteiger partial charge >= 0.3 is 0 Å². The quantitative estimate of drug-likeness (QED) is 0.827. The van der Waals surface area contributed by atoms with Gasteiger partial charge in [0.1, 0.15) is 11.5 Å². The molecule has 1 aromatic rings. The molecule has 0 saturated heterocycles. The van der Waals surface area contributed by atoms with Gasteiger partial charge in [-0.3, -0.25) is 0 Å². The van der Waals surface area contributed by atoms with E-state index in [1.807, 2.05) is 19.1 Å². The molecule has 3 nitrogen and oxygen atoms in total. The maximum atomic E-state index is 5.76. The molecule has 0 aromatic heterocycles. The number of hydrogen-bond donors (Lipinski definition) is 1. The highest BCUT2D eigenvalue weighted by Crippen LogP contribution is 2.29. The van der Waals surface area contributed by atoms with Crippen LogP contribution < -0.4 is 15.2 Å². The number of ether oxygens (including phenoxy) is 2. The van der Waals surface area contributed by atoms with Crippen molar-refractivity contribution in [2.75, 3.05) is 14.2 Å². The first-order chi connectivity index (χ1) is 8.08. The van der Waals surface area contributed by atoms with E-state index in [4.69, 9.17) is 15.2 Å². The maximum Gasteiger partial charge on any atom is 0.126 e. The predicted molar refractivity (Wildman–Crippen MR) is 70.9 cm³/mol. The third kappa shape index (κ3) is 3.93. The topological polar surface area (TPSA) is 44.5 Å². The molecule has 0 bridgehead atoms. The standard InChI is InChI=1S/C14H23NO2/c1-10-8-12(16-3)9-14(17-4)13(10)7-5-6-11(2)15/h8-9,11H,5-7,15H2,1-4H3. The normalized spacial score (nSPS) is 12.3. The second kappa shape index (κ2) is 6.50. The smallest absolute Gasteiger partial charge is 0.126 e. The summed E-state index contributed by atoms with van der Waals surface area (Å²) in [5, 5.41) is 0. The van der Waals surface area contributed by atoms with Crippen LogP contribution in [0.4, 0.5) is 0 Å². The van der Waals surface area contributed by atoms with Crippen LogP contribution in [0, 0.1) is 6.92 Å². The van der Waals surface area contributed by atoms with Gasteiger partial charge in [0, 0.05) is 12.1 Å². The highest BCUT2D eigenvalue weighted by atomic mass is 16.5. The van der Waals surface area contributed by atoms with E-state index >= 15 is 0 Å². The number of hydrogen-bond acceptors (Lipinski definition) is 3. The number of nitrogens with two attached hydrogens (primary N) is 1. The van der Waals surface area contributed by atoms with Gasteiger partial charge in [-0.05, 0) is 50.3 Å². The summed E-state index contributed by atoms with van der Waals surface area (Å²) < 4.78 is 10.7. The van der Waals surface area contributed by atoms with Gasteiger partial charge in [0.05, 0.1) is 14.2 Å². The fraction of sp³-hybridized carbons (Fsp3) is 0.571. The Balaban J connectivity index is 2.82. The van der Waals surface area contributed by atoms with Crippen LogP contribution in [-0.4, -0.2) is 20.3 Å². The van der Waals surface area contributed by atoms with Gasteiger partial charge in [-0.1, -0.05) is 0 Å². The molecule has 0 saturated carbocycles. The lowest BCUT2D eigenvalue weighted by Gasteiger charge is -2.14. The number of rotatable bonds is 6. The molecule has 0 fully saturated rings. The lowest BCUT2D eigenvalue weighted by Crippen LogP contribution is -2.14. The van der Waals surface area contributed by atoms with Gasteiger partial charge in [0.2, 0.25) is 0 Å². The third-order valence-corrected chi connectivity index (χ3v) is 2.95. The molecule has 3 heteroatoms. The van der Waals surface area contributed by atoms with Crippen molar-refractivity contribution in [3.05, 3.63) is 23.3 Å². The van der Waals surface area contributed by atoms with Crippen molar-refractivity contribution in [3.63, 3.8) is 0 Å². The first kappa shape index (κ1) is 13.8. The summed E-state index contributed by atoms with van der Waals surface area (Å²) in [6.45, 7) is 4.13. The lowest BCUT2D eigenvalue weighted by atomic mass is 10.00. The predicted octanol–water partition coefficient (Wildman–Crippen LogP) is 2.68. The molecule has 1 atom stereocenters. The number of methoxy groups -OCH3 is 2. The second-order valence-corrected chi connectivity index (χ2v) is 4.49. The Morgan fingerprint density at radius 3 is 2.47 bits per heavy atom. The molecule has 0 aliphatic carbocycles. The summed E-state index contributed by atoms with van der Waals surface area (Å²) in [4.78, 5) is 0. The van der Waals surface area contributed by atoms with Crippen molar-refractivity contribution in [3.8, 4) is 11.5 Å². The van der Waals surface area contributed by atoms with Crippen LogP contribution in [0.5, 0.6) is 11.5 Å². The SMILES string of the molecule is COc1cc(C)c(CCCC(C)N)c(OC)c1. The maximum absolute atomic E-state index is 5.76. The largest absolute Gasteiger partial charge is 0.497 e. The molecule has 2 N–H and O–H groups in total. The molecule has 0 spiro atoms. The minimum atomic E-state index is 0.263. The summed E-state index contributed by atoms with van der Waals surface area (Å²) in [5.41, 5.74) is 8.23. The summed E-state index contributed by atoms with van der Waals surface area (Å²) in [6, 6.07) is 4.25. The van der Waals surface area contributed by atoms with Crippen molar-refractivity contribution in [1.29, 1.82) is 0 Å². The van der Waals surface area contributed by atoms with E-state index < -0.39 is 0 Å². The van der Waals surface area contributed by atoms with Crippen molar-refractivity contribution < 1.29 is 9.47 Å². The van der Waals surface area contributed by atoms with Crippen molar-refractivity contribution >= 4 is 0 Å². The minimum Gasteiger partial charge on any atom is -0.497 e. The Morgan fingerprint density at radius 1 is 1.24 bits per heavy atom. The average molecular weight is 237 g/mol. The molecule has 0 radical (unpaired) electrons. The fourth-order valence-corrected chi connectivity index (χ4v) is 1.97.